The van der Waals surface area contributed by atoms with E-state index in [1.807, 2.05) is 35.2 Å². The molecule has 0 saturated heterocycles. The largest absolute Gasteiger partial charge is 0.493 e. The van der Waals surface area contributed by atoms with E-state index in [9.17, 15) is 9.90 Å². The molecule has 1 N–H and O–H groups in total. The number of anilines is 2. The van der Waals surface area contributed by atoms with E-state index in [2.05, 4.69) is 9.97 Å². The summed E-state index contributed by atoms with van der Waals surface area (Å²) in [5.41, 5.74) is 2.63. The number of aromatic carboxylic acids is 1. The van der Waals surface area contributed by atoms with Crippen LogP contribution in [0.15, 0.2) is 61.2 Å². The molecule has 4 rings (SSSR count). The van der Waals surface area contributed by atoms with Crippen LogP contribution in [0.2, 0.25) is 0 Å². The van der Waals surface area contributed by atoms with Crippen molar-refractivity contribution in [1.29, 1.82) is 0 Å². The van der Waals surface area contributed by atoms with E-state index in [4.69, 9.17) is 9.47 Å². The predicted octanol–water partition coefficient (Wildman–Crippen LogP) is 4.84. The molecule has 0 unspecified atom stereocenters. The van der Waals surface area contributed by atoms with Crippen molar-refractivity contribution in [2.75, 3.05) is 12.0 Å². The summed E-state index contributed by atoms with van der Waals surface area (Å²) >= 11 is 0. The normalized spacial score (nSPS) is 13.7. The van der Waals surface area contributed by atoms with Gasteiger partial charge in [-0.2, -0.15) is 0 Å². The van der Waals surface area contributed by atoms with Gasteiger partial charge in [-0.05, 0) is 55.5 Å². The zero-order valence-electron chi connectivity index (χ0n) is 17.4. The summed E-state index contributed by atoms with van der Waals surface area (Å²) in [5, 5.41) is 9.42. The summed E-state index contributed by atoms with van der Waals surface area (Å²) in [6, 6.07) is 11.2. The molecular formula is C24H25N3O4. The van der Waals surface area contributed by atoms with Crippen molar-refractivity contribution in [3.05, 3.63) is 72.3 Å². The number of pyridine rings is 2. The number of methoxy groups -OCH3 is 1. The fraction of sp³-hybridized carbons (Fsp3) is 0.292. The van der Waals surface area contributed by atoms with Crippen LogP contribution in [0, 0.1) is 0 Å². The number of hydrogen-bond acceptors (Lipinski definition) is 6. The summed E-state index contributed by atoms with van der Waals surface area (Å²) in [6.45, 7) is 0.494. The number of nitrogens with zero attached hydrogens (tertiary/aromatic N) is 3. The Labute approximate surface area is 181 Å². The molecule has 7 heteroatoms. The third-order valence-electron chi connectivity index (χ3n) is 5.40. The topological polar surface area (TPSA) is 84.8 Å². The molecule has 0 amide bonds. The van der Waals surface area contributed by atoms with Crippen molar-refractivity contribution in [2.45, 2.75) is 38.3 Å². The smallest absolute Gasteiger partial charge is 0.337 e. The first-order valence-corrected chi connectivity index (χ1v) is 10.3. The molecule has 7 nitrogen and oxygen atoms in total. The number of carboxylic acids is 1. The number of ether oxygens (including phenoxy) is 2. The lowest BCUT2D eigenvalue weighted by molar-refractivity contribution is 0.0696. The van der Waals surface area contributed by atoms with Crippen LogP contribution in [0.5, 0.6) is 11.5 Å². The SMILES string of the molecule is COc1ccc(N(Cc2cccnc2)c2cncc(C(=O)O)c2)cc1OC1CCCC1. The van der Waals surface area contributed by atoms with Gasteiger partial charge in [0.25, 0.3) is 0 Å². The Bertz CT molecular complexity index is 1040. The highest BCUT2D eigenvalue weighted by Crippen LogP contribution is 2.37. The summed E-state index contributed by atoms with van der Waals surface area (Å²) in [5.74, 6) is 0.343. The summed E-state index contributed by atoms with van der Waals surface area (Å²) in [4.78, 5) is 21.8. The Balaban J connectivity index is 1.73. The Morgan fingerprint density at radius 3 is 2.61 bits per heavy atom. The molecule has 0 radical (unpaired) electrons. The molecule has 0 aliphatic heterocycles. The first-order valence-electron chi connectivity index (χ1n) is 10.3. The van der Waals surface area contributed by atoms with Crippen molar-refractivity contribution in [2.24, 2.45) is 0 Å². The summed E-state index contributed by atoms with van der Waals surface area (Å²) in [6.07, 6.45) is 11.1. The van der Waals surface area contributed by atoms with Crippen molar-refractivity contribution >= 4 is 17.3 Å². The third-order valence-corrected chi connectivity index (χ3v) is 5.40. The van der Waals surface area contributed by atoms with Gasteiger partial charge in [0.2, 0.25) is 0 Å². The molecule has 1 aromatic carbocycles. The highest BCUT2D eigenvalue weighted by Gasteiger charge is 2.20. The first kappa shape index (κ1) is 20.7. The van der Waals surface area contributed by atoms with E-state index in [-0.39, 0.29) is 11.7 Å². The summed E-state index contributed by atoms with van der Waals surface area (Å²) < 4.78 is 11.8. The monoisotopic (exact) mass is 419 g/mol. The number of aromatic nitrogens is 2. The molecule has 1 saturated carbocycles. The lowest BCUT2D eigenvalue weighted by Gasteiger charge is -2.26. The molecule has 1 aliphatic rings. The molecule has 1 fully saturated rings. The van der Waals surface area contributed by atoms with Crippen LogP contribution in [0.1, 0.15) is 41.6 Å². The Morgan fingerprint density at radius 2 is 1.90 bits per heavy atom. The van der Waals surface area contributed by atoms with Gasteiger partial charge in [-0.15, -0.1) is 0 Å². The maximum atomic E-state index is 11.5. The van der Waals surface area contributed by atoms with Crippen LogP contribution in [0.3, 0.4) is 0 Å². The molecule has 160 valence electrons. The van der Waals surface area contributed by atoms with Crippen LogP contribution in [0.4, 0.5) is 11.4 Å². The second-order valence-corrected chi connectivity index (χ2v) is 7.54. The number of rotatable bonds is 8. The molecule has 0 bridgehead atoms. The second-order valence-electron chi connectivity index (χ2n) is 7.54. The average molecular weight is 419 g/mol. The van der Waals surface area contributed by atoms with Crippen LogP contribution in [-0.4, -0.2) is 34.3 Å². The van der Waals surface area contributed by atoms with Gasteiger partial charge >= 0.3 is 5.97 Å². The zero-order valence-corrected chi connectivity index (χ0v) is 17.4. The maximum Gasteiger partial charge on any atom is 0.337 e. The van der Waals surface area contributed by atoms with Gasteiger partial charge < -0.3 is 19.5 Å². The maximum absolute atomic E-state index is 11.5. The van der Waals surface area contributed by atoms with Crippen LogP contribution < -0.4 is 14.4 Å². The minimum atomic E-state index is -1.02. The summed E-state index contributed by atoms with van der Waals surface area (Å²) in [7, 11) is 1.63. The Morgan fingerprint density at radius 1 is 1.06 bits per heavy atom. The van der Waals surface area contributed by atoms with E-state index in [0.717, 1.165) is 24.1 Å². The third kappa shape index (κ3) is 4.94. The number of hydrogen-bond donors (Lipinski definition) is 1. The Hall–Kier alpha value is -3.61. The fourth-order valence-corrected chi connectivity index (χ4v) is 3.81. The molecule has 31 heavy (non-hydrogen) atoms. The highest BCUT2D eigenvalue weighted by molar-refractivity contribution is 5.88. The van der Waals surface area contributed by atoms with E-state index in [1.165, 1.54) is 19.0 Å². The molecule has 2 aromatic heterocycles. The minimum Gasteiger partial charge on any atom is -0.493 e. The Kier molecular flexibility index (Phi) is 6.31. The molecular weight excluding hydrogens is 394 g/mol. The zero-order chi connectivity index (χ0) is 21.6. The van der Waals surface area contributed by atoms with Crippen LogP contribution >= 0.6 is 0 Å². The van der Waals surface area contributed by atoms with Crippen molar-refractivity contribution < 1.29 is 19.4 Å². The average Bonchev–Trinajstić information content (AvgIpc) is 3.31. The van der Waals surface area contributed by atoms with Crippen molar-refractivity contribution in [3.8, 4) is 11.5 Å². The molecule has 3 aromatic rings. The molecule has 0 atom stereocenters. The quantitative estimate of drug-likeness (QED) is 0.559. The van der Waals surface area contributed by atoms with E-state index in [0.29, 0.717) is 23.7 Å². The van der Waals surface area contributed by atoms with Crippen LogP contribution in [0.25, 0.3) is 0 Å². The van der Waals surface area contributed by atoms with E-state index >= 15 is 0 Å². The minimum absolute atomic E-state index is 0.129. The van der Waals surface area contributed by atoms with Gasteiger partial charge in [-0.3, -0.25) is 9.97 Å². The van der Waals surface area contributed by atoms with Gasteiger partial charge in [0.15, 0.2) is 11.5 Å². The highest BCUT2D eigenvalue weighted by atomic mass is 16.5. The predicted molar refractivity (Wildman–Crippen MR) is 117 cm³/mol. The number of carboxylic acid groups (broad SMARTS) is 1. The van der Waals surface area contributed by atoms with Crippen LogP contribution in [-0.2, 0) is 6.54 Å². The second kappa shape index (κ2) is 9.47. The van der Waals surface area contributed by atoms with Gasteiger partial charge in [-0.25, -0.2) is 4.79 Å². The lowest BCUT2D eigenvalue weighted by atomic mass is 10.1. The molecule has 0 spiro atoms. The number of benzene rings is 1. The van der Waals surface area contributed by atoms with Gasteiger partial charge in [0.05, 0.1) is 30.7 Å². The first-order chi connectivity index (χ1) is 15.1. The van der Waals surface area contributed by atoms with Crippen molar-refractivity contribution in [3.63, 3.8) is 0 Å². The van der Waals surface area contributed by atoms with Gasteiger partial charge in [0, 0.05) is 36.9 Å². The standard InChI is InChI=1S/C24H25N3O4/c1-30-22-9-8-19(12-23(22)31-21-6-2-3-7-21)27(16-17-5-4-10-25-13-17)20-11-18(24(28)29)14-26-15-20/h4-5,8-15,21H,2-3,6-7,16H2,1H3,(H,28,29). The number of carbonyl (C=O) groups is 1. The van der Waals surface area contributed by atoms with E-state index < -0.39 is 5.97 Å². The van der Waals surface area contributed by atoms with Gasteiger partial charge in [-0.1, -0.05) is 6.07 Å². The fourth-order valence-electron chi connectivity index (χ4n) is 3.81. The molecule has 2 heterocycles. The molecule has 1 aliphatic carbocycles. The van der Waals surface area contributed by atoms with E-state index in [1.54, 1.807) is 31.8 Å². The lowest BCUT2D eigenvalue weighted by Crippen LogP contribution is -2.18. The van der Waals surface area contributed by atoms with Gasteiger partial charge in [0.1, 0.15) is 0 Å². The van der Waals surface area contributed by atoms with Crippen molar-refractivity contribution in [1.82, 2.24) is 9.97 Å².